The molecule has 0 spiro atoms. The number of rotatable bonds is 6. The third kappa shape index (κ3) is 5.33. The first-order valence-corrected chi connectivity index (χ1v) is 9.93. The summed E-state index contributed by atoms with van der Waals surface area (Å²) in [6.45, 7) is 4.10. The molecule has 0 atom stereocenters. The molecule has 0 bridgehead atoms. The van der Waals surface area contributed by atoms with Crippen LogP contribution in [0, 0.1) is 13.8 Å². The number of benzene rings is 1. The van der Waals surface area contributed by atoms with Crippen molar-refractivity contribution >= 4 is 17.7 Å². The topological polar surface area (TPSA) is 68.0 Å². The summed E-state index contributed by atoms with van der Waals surface area (Å²) in [4.78, 5) is 12.0. The lowest BCUT2D eigenvalue weighted by Crippen LogP contribution is -2.36. The van der Waals surface area contributed by atoms with Gasteiger partial charge in [-0.25, -0.2) is 0 Å². The minimum absolute atomic E-state index is 0.119. The van der Waals surface area contributed by atoms with Gasteiger partial charge in [-0.3, -0.25) is 4.79 Å². The lowest BCUT2D eigenvalue weighted by molar-refractivity contribution is -0.121. The first kappa shape index (κ1) is 18.0. The van der Waals surface area contributed by atoms with Gasteiger partial charge >= 0.3 is 0 Å². The average molecular weight is 359 g/mol. The number of hydrogen-bond acceptors (Lipinski definition) is 5. The Morgan fingerprint density at radius 3 is 2.60 bits per heavy atom. The molecular weight excluding hydrogens is 334 g/mol. The minimum atomic E-state index is 0.119. The molecule has 0 saturated heterocycles. The number of nitrogens with one attached hydrogen (secondary N) is 1. The van der Waals surface area contributed by atoms with Gasteiger partial charge in [-0.05, 0) is 38.8 Å². The number of nitrogens with zero attached hydrogens (tertiary/aromatic N) is 2. The highest BCUT2D eigenvalue weighted by Gasteiger charge is 2.16. The van der Waals surface area contributed by atoms with Crippen LogP contribution in [-0.4, -0.2) is 27.9 Å². The van der Waals surface area contributed by atoms with E-state index in [4.69, 9.17) is 4.42 Å². The molecule has 0 aliphatic heterocycles. The number of aryl methyl sites for hydroxylation is 2. The average Bonchev–Trinajstić information content (AvgIpc) is 3.04. The highest BCUT2D eigenvalue weighted by molar-refractivity contribution is 7.99. The Morgan fingerprint density at radius 2 is 1.88 bits per heavy atom. The van der Waals surface area contributed by atoms with E-state index in [1.54, 1.807) is 0 Å². The van der Waals surface area contributed by atoms with Crippen LogP contribution in [0.5, 0.6) is 0 Å². The zero-order chi connectivity index (χ0) is 17.6. The fourth-order valence-electron chi connectivity index (χ4n) is 3.26. The van der Waals surface area contributed by atoms with E-state index >= 15 is 0 Å². The molecule has 3 rings (SSSR count). The summed E-state index contributed by atoms with van der Waals surface area (Å²) < 4.78 is 5.72. The first-order chi connectivity index (χ1) is 12.1. The second-order valence-electron chi connectivity index (χ2n) is 6.75. The largest absolute Gasteiger partial charge is 0.411 e. The van der Waals surface area contributed by atoms with Gasteiger partial charge < -0.3 is 9.73 Å². The van der Waals surface area contributed by atoms with Gasteiger partial charge in [0.05, 0.1) is 0 Å². The van der Waals surface area contributed by atoms with Gasteiger partial charge in [0.15, 0.2) is 0 Å². The molecule has 5 nitrogen and oxygen atoms in total. The summed E-state index contributed by atoms with van der Waals surface area (Å²) in [6, 6.07) is 6.55. The summed E-state index contributed by atoms with van der Waals surface area (Å²) >= 11 is 1.43. The van der Waals surface area contributed by atoms with Crippen LogP contribution in [0.15, 0.2) is 27.8 Å². The van der Waals surface area contributed by atoms with E-state index in [0.717, 1.165) is 18.4 Å². The van der Waals surface area contributed by atoms with Crippen LogP contribution >= 0.6 is 11.8 Å². The van der Waals surface area contributed by atoms with Gasteiger partial charge in [0, 0.05) is 23.8 Å². The second-order valence-corrected chi connectivity index (χ2v) is 7.80. The third-order valence-electron chi connectivity index (χ3n) is 4.40. The minimum Gasteiger partial charge on any atom is -0.411 e. The highest BCUT2D eigenvalue weighted by atomic mass is 32.2. The summed E-state index contributed by atoms with van der Waals surface area (Å²) in [5, 5.41) is 11.8. The smallest absolute Gasteiger partial charge is 0.276 e. The van der Waals surface area contributed by atoms with Crippen molar-refractivity contribution in [3.63, 3.8) is 0 Å². The van der Waals surface area contributed by atoms with E-state index in [1.807, 2.05) is 26.0 Å². The fourth-order valence-corrected chi connectivity index (χ4v) is 3.96. The van der Waals surface area contributed by atoms with E-state index in [0.29, 0.717) is 29.3 Å². The number of aromatic nitrogens is 2. The maximum Gasteiger partial charge on any atom is 0.276 e. The molecule has 2 aromatic rings. The molecule has 6 heteroatoms. The van der Waals surface area contributed by atoms with Crippen molar-refractivity contribution in [2.75, 3.05) is 5.75 Å². The van der Waals surface area contributed by atoms with Gasteiger partial charge in [-0.1, -0.05) is 48.2 Å². The van der Waals surface area contributed by atoms with Crippen molar-refractivity contribution in [2.45, 2.75) is 63.6 Å². The summed E-state index contributed by atoms with van der Waals surface area (Å²) in [7, 11) is 0. The monoisotopic (exact) mass is 359 g/mol. The van der Waals surface area contributed by atoms with Crippen LogP contribution in [0.1, 0.15) is 49.7 Å². The Bertz CT molecular complexity index is 703. The third-order valence-corrected chi connectivity index (χ3v) is 5.22. The molecule has 0 unspecified atom stereocenters. The summed E-state index contributed by atoms with van der Waals surface area (Å²) in [5.74, 6) is 1.29. The van der Waals surface area contributed by atoms with Gasteiger partial charge in [0.25, 0.3) is 5.22 Å². The van der Waals surface area contributed by atoms with Crippen LogP contribution in [-0.2, 0) is 4.79 Å². The molecule has 1 aliphatic rings. The number of amides is 1. The summed E-state index contributed by atoms with van der Waals surface area (Å²) in [5.41, 5.74) is 3.27. The molecule has 1 fully saturated rings. The van der Waals surface area contributed by atoms with E-state index in [1.165, 1.54) is 42.2 Å². The quantitative estimate of drug-likeness (QED) is 0.780. The zero-order valence-corrected chi connectivity index (χ0v) is 15.7. The predicted octanol–water partition coefficient (Wildman–Crippen LogP) is 4.28. The van der Waals surface area contributed by atoms with Crippen LogP contribution in [0.25, 0.3) is 11.5 Å². The standard InChI is InChI=1S/C19H25N3O2S/c1-13-10-14(2)12-15(11-13)18-21-22-19(24-18)25-9-8-17(23)20-16-6-4-3-5-7-16/h10-12,16H,3-9H2,1-2H3,(H,20,23). The zero-order valence-electron chi connectivity index (χ0n) is 14.9. The summed E-state index contributed by atoms with van der Waals surface area (Å²) in [6.07, 6.45) is 6.44. The fraction of sp³-hybridized carbons (Fsp3) is 0.526. The van der Waals surface area contributed by atoms with Crippen LogP contribution in [0.4, 0.5) is 0 Å². The van der Waals surface area contributed by atoms with E-state index in [2.05, 4.69) is 21.6 Å². The molecule has 1 saturated carbocycles. The van der Waals surface area contributed by atoms with Gasteiger partial charge in [0.2, 0.25) is 11.8 Å². The lowest BCUT2D eigenvalue weighted by atomic mass is 9.95. The normalized spacial score (nSPS) is 15.3. The molecule has 1 aromatic carbocycles. The SMILES string of the molecule is Cc1cc(C)cc(-c2nnc(SCCC(=O)NC3CCCCC3)o2)c1. The second kappa shape index (κ2) is 8.52. The van der Waals surface area contributed by atoms with Gasteiger partial charge in [-0.15, -0.1) is 10.2 Å². The Kier molecular flexibility index (Phi) is 6.13. The van der Waals surface area contributed by atoms with E-state index in [-0.39, 0.29) is 5.91 Å². The molecule has 25 heavy (non-hydrogen) atoms. The lowest BCUT2D eigenvalue weighted by Gasteiger charge is -2.22. The number of carbonyl (C=O) groups excluding carboxylic acids is 1. The number of hydrogen-bond donors (Lipinski definition) is 1. The van der Waals surface area contributed by atoms with E-state index in [9.17, 15) is 4.79 Å². The molecule has 1 aliphatic carbocycles. The van der Waals surface area contributed by atoms with Crippen molar-refractivity contribution < 1.29 is 9.21 Å². The first-order valence-electron chi connectivity index (χ1n) is 8.94. The molecule has 0 radical (unpaired) electrons. The molecular formula is C19H25N3O2S. The Balaban J connectivity index is 1.47. The molecule has 134 valence electrons. The maximum atomic E-state index is 12.0. The van der Waals surface area contributed by atoms with Crippen LogP contribution in [0.2, 0.25) is 0 Å². The van der Waals surface area contributed by atoms with Crippen LogP contribution < -0.4 is 5.32 Å². The molecule has 1 heterocycles. The van der Waals surface area contributed by atoms with Gasteiger partial charge in [-0.2, -0.15) is 0 Å². The Hall–Kier alpha value is -1.82. The predicted molar refractivity (Wildman–Crippen MR) is 99.6 cm³/mol. The maximum absolute atomic E-state index is 12.0. The van der Waals surface area contributed by atoms with Crippen LogP contribution in [0.3, 0.4) is 0 Å². The van der Waals surface area contributed by atoms with Crippen molar-refractivity contribution in [1.29, 1.82) is 0 Å². The van der Waals surface area contributed by atoms with E-state index < -0.39 is 0 Å². The van der Waals surface area contributed by atoms with Crippen molar-refractivity contribution in [2.24, 2.45) is 0 Å². The van der Waals surface area contributed by atoms with Crippen molar-refractivity contribution in [3.8, 4) is 11.5 Å². The molecule has 1 amide bonds. The van der Waals surface area contributed by atoms with Crippen molar-refractivity contribution in [1.82, 2.24) is 15.5 Å². The Labute approximate surface area is 153 Å². The van der Waals surface area contributed by atoms with Crippen molar-refractivity contribution in [3.05, 3.63) is 29.3 Å². The Morgan fingerprint density at radius 1 is 1.16 bits per heavy atom. The molecule has 1 aromatic heterocycles. The van der Waals surface area contributed by atoms with Gasteiger partial charge in [0.1, 0.15) is 0 Å². The molecule has 1 N–H and O–H groups in total. The number of carbonyl (C=O) groups is 1. The highest BCUT2D eigenvalue weighted by Crippen LogP contribution is 2.25. The number of thioether (sulfide) groups is 1.